The minimum Gasteiger partial charge on any atom is -0.465 e. The lowest BCUT2D eigenvalue weighted by Gasteiger charge is -2.07. The molecule has 0 atom stereocenters. The van der Waals surface area contributed by atoms with E-state index in [2.05, 4.69) is 15.4 Å². The molecule has 0 unspecified atom stereocenters. The lowest BCUT2D eigenvalue weighted by atomic mass is 10.1. The number of nitrogens with two attached hydrogens (primary N) is 1. The molecule has 1 rings (SSSR count). The molecule has 0 aromatic heterocycles. The maximum Gasteiger partial charge on any atom is 0.337 e. The number of rotatable bonds is 7. The molecular formula is C14H19N3O4. The maximum atomic E-state index is 11.4. The second kappa shape index (κ2) is 8.70. The van der Waals surface area contributed by atoms with Gasteiger partial charge in [-0.05, 0) is 24.1 Å². The number of hydrogen-bond acceptors (Lipinski definition) is 5. The smallest absolute Gasteiger partial charge is 0.337 e. The molecule has 0 aliphatic heterocycles. The molecule has 0 spiro atoms. The van der Waals surface area contributed by atoms with Crippen molar-refractivity contribution in [2.75, 3.05) is 26.7 Å². The zero-order valence-corrected chi connectivity index (χ0v) is 11.8. The lowest BCUT2D eigenvalue weighted by Crippen LogP contribution is -2.40. The summed E-state index contributed by atoms with van der Waals surface area (Å²) in [5.41, 5.74) is 6.56. The molecule has 0 fully saturated rings. The molecule has 0 aliphatic rings. The van der Waals surface area contributed by atoms with Gasteiger partial charge < -0.3 is 21.1 Å². The van der Waals surface area contributed by atoms with Gasteiger partial charge in [0, 0.05) is 6.54 Å². The molecule has 1 aromatic carbocycles. The fourth-order valence-electron chi connectivity index (χ4n) is 1.59. The van der Waals surface area contributed by atoms with Crippen LogP contribution in [0.5, 0.6) is 0 Å². The number of amides is 2. The van der Waals surface area contributed by atoms with Crippen molar-refractivity contribution in [2.24, 2.45) is 5.73 Å². The van der Waals surface area contributed by atoms with Gasteiger partial charge >= 0.3 is 5.97 Å². The number of ether oxygens (including phenoxy) is 1. The Kier molecular flexibility index (Phi) is 6.90. The summed E-state index contributed by atoms with van der Waals surface area (Å²) >= 11 is 0. The number of carbonyl (C=O) groups excluding carboxylic acids is 3. The van der Waals surface area contributed by atoms with E-state index in [9.17, 15) is 14.4 Å². The second-order valence-corrected chi connectivity index (χ2v) is 4.27. The Bertz CT molecular complexity index is 499. The van der Waals surface area contributed by atoms with Gasteiger partial charge in [0.05, 0.1) is 25.8 Å². The van der Waals surface area contributed by atoms with Crippen LogP contribution in [0.25, 0.3) is 0 Å². The van der Waals surface area contributed by atoms with Crippen molar-refractivity contribution in [3.8, 4) is 0 Å². The van der Waals surface area contributed by atoms with Crippen LogP contribution in [0.1, 0.15) is 15.9 Å². The van der Waals surface area contributed by atoms with Gasteiger partial charge in [0.25, 0.3) is 0 Å². The van der Waals surface area contributed by atoms with E-state index in [1.54, 1.807) is 24.3 Å². The lowest BCUT2D eigenvalue weighted by molar-refractivity contribution is -0.125. The Morgan fingerprint density at radius 3 is 2.33 bits per heavy atom. The van der Waals surface area contributed by atoms with Crippen LogP contribution in [0, 0.1) is 0 Å². The molecule has 0 aliphatic carbocycles. The minimum absolute atomic E-state index is 0.0860. The Morgan fingerprint density at radius 1 is 1.10 bits per heavy atom. The zero-order chi connectivity index (χ0) is 15.7. The standard InChI is InChI=1S/C14H19N3O4/c1-21-14(20)11-4-2-10(3-5-11)6-7-16-13(19)9-17-12(18)8-15/h2-5H,6-9,15H2,1H3,(H,16,19)(H,17,18). The first kappa shape index (κ1) is 16.6. The molecule has 0 heterocycles. The van der Waals surface area contributed by atoms with E-state index in [-0.39, 0.29) is 30.9 Å². The van der Waals surface area contributed by atoms with Crippen molar-refractivity contribution in [3.63, 3.8) is 0 Å². The number of carbonyl (C=O) groups is 3. The number of methoxy groups -OCH3 is 1. The normalized spacial score (nSPS) is 9.81. The monoisotopic (exact) mass is 293 g/mol. The minimum atomic E-state index is -0.384. The maximum absolute atomic E-state index is 11.4. The molecule has 0 saturated carbocycles. The predicted molar refractivity (Wildman–Crippen MR) is 76.6 cm³/mol. The number of esters is 1. The summed E-state index contributed by atoms with van der Waals surface area (Å²) < 4.78 is 4.60. The van der Waals surface area contributed by atoms with E-state index in [1.807, 2.05) is 0 Å². The highest BCUT2D eigenvalue weighted by molar-refractivity contribution is 5.89. The predicted octanol–water partition coefficient (Wildman–Crippen LogP) is -0.793. The summed E-state index contributed by atoms with van der Waals surface area (Å²) in [6, 6.07) is 6.94. The van der Waals surface area contributed by atoms with Crippen LogP contribution < -0.4 is 16.4 Å². The highest BCUT2D eigenvalue weighted by Crippen LogP contribution is 2.05. The van der Waals surface area contributed by atoms with Crippen molar-refractivity contribution >= 4 is 17.8 Å². The molecular weight excluding hydrogens is 274 g/mol. The van der Waals surface area contributed by atoms with E-state index < -0.39 is 0 Å². The average molecular weight is 293 g/mol. The molecule has 7 nitrogen and oxygen atoms in total. The molecule has 4 N–H and O–H groups in total. The molecule has 1 aromatic rings. The fourth-order valence-corrected chi connectivity index (χ4v) is 1.59. The van der Waals surface area contributed by atoms with Crippen LogP contribution in [0.3, 0.4) is 0 Å². The van der Waals surface area contributed by atoms with Crippen LogP contribution in [-0.4, -0.2) is 44.5 Å². The number of benzene rings is 1. The van der Waals surface area contributed by atoms with Crippen LogP contribution in [0.4, 0.5) is 0 Å². The number of nitrogens with one attached hydrogen (secondary N) is 2. The Hall–Kier alpha value is -2.41. The van der Waals surface area contributed by atoms with Gasteiger partial charge in [-0.2, -0.15) is 0 Å². The fraction of sp³-hybridized carbons (Fsp3) is 0.357. The third-order valence-corrected chi connectivity index (χ3v) is 2.74. The van der Waals surface area contributed by atoms with Crippen molar-refractivity contribution < 1.29 is 19.1 Å². The molecule has 0 saturated heterocycles. The molecule has 21 heavy (non-hydrogen) atoms. The van der Waals surface area contributed by atoms with Gasteiger partial charge in [-0.3, -0.25) is 9.59 Å². The van der Waals surface area contributed by atoms with Crippen LogP contribution in [0.15, 0.2) is 24.3 Å². The number of hydrogen-bond donors (Lipinski definition) is 3. The Balaban J connectivity index is 2.30. The average Bonchev–Trinajstić information content (AvgIpc) is 2.52. The third-order valence-electron chi connectivity index (χ3n) is 2.74. The Labute approximate surface area is 122 Å². The van der Waals surface area contributed by atoms with Crippen molar-refractivity contribution in [3.05, 3.63) is 35.4 Å². The van der Waals surface area contributed by atoms with Crippen LogP contribution in [-0.2, 0) is 20.7 Å². The molecule has 7 heteroatoms. The largest absolute Gasteiger partial charge is 0.465 e. The van der Waals surface area contributed by atoms with Crippen molar-refractivity contribution in [1.82, 2.24) is 10.6 Å². The van der Waals surface area contributed by atoms with Gasteiger partial charge in [0.15, 0.2) is 0 Å². The Morgan fingerprint density at radius 2 is 1.76 bits per heavy atom. The van der Waals surface area contributed by atoms with Gasteiger partial charge in [0.2, 0.25) is 11.8 Å². The SMILES string of the molecule is COC(=O)c1ccc(CCNC(=O)CNC(=O)CN)cc1. The molecule has 0 bridgehead atoms. The van der Waals surface area contributed by atoms with Gasteiger partial charge in [0.1, 0.15) is 0 Å². The summed E-state index contributed by atoms with van der Waals surface area (Å²) in [4.78, 5) is 33.5. The molecule has 114 valence electrons. The third kappa shape index (κ3) is 6.05. The molecule has 2 amide bonds. The van der Waals surface area contributed by atoms with E-state index in [0.29, 0.717) is 18.5 Å². The summed E-state index contributed by atoms with van der Waals surface area (Å²) in [7, 11) is 1.33. The summed E-state index contributed by atoms with van der Waals surface area (Å²) in [5.74, 6) is -1.03. The summed E-state index contributed by atoms with van der Waals surface area (Å²) in [5, 5.41) is 5.05. The quantitative estimate of drug-likeness (QED) is 0.570. The highest BCUT2D eigenvalue weighted by atomic mass is 16.5. The summed E-state index contributed by atoms with van der Waals surface area (Å²) in [6.45, 7) is 0.214. The van der Waals surface area contributed by atoms with Gasteiger partial charge in [-0.15, -0.1) is 0 Å². The van der Waals surface area contributed by atoms with E-state index >= 15 is 0 Å². The van der Waals surface area contributed by atoms with Crippen molar-refractivity contribution in [2.45, 2.75) is 6.42 Å². The van der Waals surface area contributed by atoms with E-state index in [0.717, 1.165) is 5.56 Å². The van der Waals surface area contributed by atoms with Crippen LogP contribution in [0.2, 0.25) is 0 Å². The zero-order valence-electron chi connectivity index (χ0n) is 11.8. The highest BCUT2D eigenvalue weighted by Gasteiger charge is 2.05. The first-order valence-electron chi connectivity index (χ1n) is 6.47. The second-order valence-electron chi connectivity index (χ2n) is 4.27. The molecule has 0 radical (unpaired) electrons. The van der Waals surface area contributed by atoms with E-state index in [1.165, 1.54) is 7.11 Å². The first-order chi connectivity index (χ1) is 10.1. The summed E-state index contributed by atoms with van der Waals surface area (Å²) in [6.07, 6.45) is 0.623. The topological polar surface area (TPSA) is 111 Å². The van der Waals surface area contributed by atoms with Gasteiger partial charge in [-0.1, -0.05) is 12.1 Å². The van der Waals surface area contributed by atoms with E-state index in [4.69, 9.17) is 5.73 Å². The van der Waals surface area contributed by atoms with Crippen molar-refractivity contribution in [1.29, 1.82) is 0 Å². The first-order valence-corrected chi connectivity index (χ1v) is 6.47. The van der Waals surface area contributed by atoms with Crippen LogP contribution >= 0.6 is 0 Å². The van der Waals surface area contributed by atoms with Gasteiger partial charge in [-0.25, -0.2) is 4.79 Å².